The molecule has 3 rings (SSSR count). The zero-order valence-electron chi connectivity index (χ0n) is 13.5. The molecule has 8 heteroatoms. The number of rotatable bonds is 4. The zero-order chi connectivity index (χ0) is 18.0. The van der Waals surface area contributed by atoms with Gasteiger partial charge in [-0.2, -0.15) is 10.1 Å². The van der Waals surface area contributed by atoms with Crippen molar-refractivity contribution in [1.82, 2.24) is 9.99 Å². The van der Waals surface area contributed by atoms with Crippen LogP contribution < -0.4 is 0 Å². The van der Waals surface area contributed by atoms with Gasteiger partial charge in [0.15, 0.2) is 5.72 Å². The quantitative estimate of drug-likeness (QED) is 0.679. The minimum atomic E-state index is -1.60. The predicted octanol–water partition coefficient (Wildman–Crippen LogP) is 2.45. The summed E-state index contributed by atoms with van der Waals surface area (Å²) in [6.45, 7) is 1.89. The van der Waals surface area contributed by atoms with E-state index >= 15 is 0 Å². The van der Waals surface area contributed by atoms with Crippen LogP contribution in [0.5, 0.6) is 0 Å². The first-order chi connectivity index (χ1) is 12.0. The molecular formula is C17H16N4O4. The number of benzene rings is 1. The van der Waals surface area contributed by atoms with Gasteiger partial charge < -0.3 is 5.11 Å². The van der Waals surface area contributed by atoms with Crippen molar-refractivity contribution in [3.8, 4) is 0 Å². The van der Waals surface area contributed by atoms with Crippen LogP contribution in [0.2, 0.25) is 0 Å². The summed E-state index contributed by atoms with van der Waals surface area (Å²) in [7, 11) is 0. The molecule has 1 aliphatic heterocycles. The largest absolute Gasteiger partial charge is 0.365 e. The maximum atomic E-state index is 12.9. The van der Waals surface area contributed by atoms with Crippen LogP contribution in [0.3, 0.4) is 0 Å². The Labute approximate surface area is 143 Å². The molecule has 0 saturated heterocycles. The first kappa shape index (κ1) is 16.7. The summed E-state index contributed by atoms with van der Waals surface area (Å²) in [4.78, 5) is 27.0. The minimum absolute atomic E-state index is 0.111. The number of hydrogen-bond donors (Lipinski definition) is 1. The molecule has 1 N–H and O–H groups in total. The number of nitro groups is 1. The Morgan fingerprint density at radius 1 is 1.28 bits per heavy atom. The highest BCUT2D eigenvalue weighted by molar-refractivity contribution is 5.98. The second kappa shape index (κ2) is 6.40. The third-order valence-electron chi connectivity index (χ3n) is 4.11. The predicted molar refractivity (Wildman–Crippen MR) is 89.7 cm³/mol. The summed E-state index contributed by atoms with van der Waals surface area (Å²) in [6.07, 6.45) is 3.86. The number of nitro benzene ring substituents is 1. The minimum Gasteiger partial charge on any atom is -0.365 e. The number of hydrogen-bond acceptors (Lipinski definition) is 6. The monoisotopic (exact) mass is 340 g/mol. The van der Waals surface area contributed by atoms with Gasteiger partial charge in [0.1, 0.15) is 0 Å². The number of non-ortho nitro benzene ring substituents is 1. The van der Waals surface area contributed by atoms with E-state index in [-0.39, 0.29) is 17.7 Å². The molecule has 1 unspecified atom stereocenters. The van der Waals surface area contributed by atoms with E-state index in [0.29, 0.717) is 17.7 Å². The maximum Gasteiger partial charge on any atom is 0.276 e. The van der Waals surface area contributed by atoms with Gasteiger partial charge in [0.25, 0.3) is 11.6 Å². The second-order valence-electron chi connectivity index (χ2n) is 5.67. The number of pyridine rings is 1. The van der Waals surface area contributed by atoms with E-state index in [9.17, 15) is 20.0 Å². The van der Waals surface area contributed by atoms with Crippen molar-refractivity contribution in [2.24, 2.45) is 5.10 Å². The van der Waals surface area contributed by atoms with Gasteiger partial charge in [-0.3, -0.25) is 19.9 Å². The van der Waals surface area contributed by atoms with E-state index in [2.05, 4.69) is 10.1 Å². The van der Waals surface area contributed by atoms with Crippen molar-refractivity contribution in [3.05, 3.63) is 70.0 Å². The molecule has 2 aromatic rings. The first-order valence-electron chi connectivity index (χ1n) is 7.74. The number of aromatic nitrogens is 1. The molecule has 1 aromatic heterocycles. The number of hydrazone groups is 1. The summed E-state index contributed by atoms with van der Waals surface area (Å²) < 4.78 is 0. The molecule has 25 heavy (non-hydrogen) atoms. The third-order valence-corrected chi connectivity index (χ3v) is 4.11. The second-order valence-corrected chi connectivity index (χ2v) is 5.67. The molecule has 0 aliphatic carbocycles. The molecule has 0 bridgehead atoms. The summed E-state index contributed by atoms with van der Waals surface area (Å²) in [5, 5.41) is 27.2. The van der Waals surface area contributed by atoms with Crippen molar-refractivity contribution < 1.29 is 14.8 Å². The Morgan fingerprint density at radius 2 is 1.92 bits per heavy atom. The van der Waals surface area contributed by atoms with E-state index in [4.69, 9.17) is 0 Å². The van der Waals surface area contributed by atoms with Crippen LogP contribution in [0.1, 0.15) is 35.7 Å². The Hall–Kier alpha value is -3.13. The lowest BCUT2D eigenvalue weighted by Gasteiger charge is -2.31. The van der Waals surface area contributed by atoms with E-state index < -0.39 is 16.6 Å². The van der Waals surface area contributed by atoms with Gasteiger partial charge in [-0.05, 0) is 30.7 Å². The molecule has 8 nitrogen and oxygen atoms in total. The Morgan fingerprint density at radius 3 is 2.48 bits per heavy atom. The lowest BCUT2D eigenvalue weighted by Crippen LogP contribution is -2.43. The highest BCUT2D eigenvalue weighted by Gasteiger charge is 2.45. The van der Waals surface area contributed by atoms with Crippen molar-refractivity contribution in [1.29, 1.82) is 0 Å². The smallest absolute Gasteiger partial charge is 0.276 e. The number of amides is 1. The lowest BCUT2D eigenvalue weighted by atomic mass is 9.97. The summed E-state index contributed by atoms with van der Waals surface area (Å²) >= 11 is 0. The highest BCUT2D eigenvalue weighted by atomic mass is 16.6. The van der Waals surface area contributed by atoms with Gasteiger partial charge in [0.05, 0.1) is 4.92 Å². The summed E-state index contributed by atoms with van der Waals surface area (Å²) in [6, 6.07) is 8.47. The first-order valence-corrected chi connectivity index (χ1v) is 7.74. The van der Waals surface area contributed by atoms with Gasteiger partial charge in [0.2, 0.25) is 0 Å². The Kier molecular flexibility index (Phi) is 4.28. The molecule has 1 aliphatic rings. The molecule has 128 valence electrons. The number of nitrogens with zero attached hydrogens (tertiary/aromatic N) is 4. The Balaban J connectivity index is 1.98. The van der Waals surface area contributed by atoms with Gasteiger partial charge in [-0.1, -0.05) is 6.92 Å². The Bertz CT molecular complexity index is 835. The third kappa shape index (κ3) is 2.99. The van der Waals surface area contributed by atoms with Crippen LogP contribution in [-0.4, -0.2) is 31.6 Å². The van der Waals surface area contributed by atoms with Crippen LogP contribution in [0.25, 0.3) is 0 Å². The molecule has 1 atom stereocenters. The van der Waals surface area contributed by atoms with Crippen LogP contribution in [0.15, 0.2) is 53.9 Å². The maximum absolute atomic E-state index is 12.9. The molecular weight excluding hydrogens is 324 g/mol. The van der Waals surface area contributed by atoms with Crippen molar-refractivity contribution in [2.45, 2.75) is 25.5 Å². The molecule has 2 heterocycles. The van der Waals surface area contributed by atoms with Gasteiger partial charge in [0, 0.05) is 47.8 Å². The van der Waals surface area contributed by atoms with Crippen LogP contribution in [0.4, 0.5) is 5.69 Å². The van der Waals surface area contributed by atoms with Gasteiger partial charge >= 0.3 is 0 Å². The molecule has 0 spiro atoms. The number of aliphatic hydroxyl groups is 1. The number of carbonyl (C=O) groups excluding carboxylic acids is 1. The molecule has 0 saturated carbocycles. The topological polar surface area (TPSA) is 109 Å². The highest BCUT2D eigenvalue weighted by Crippen LogP contribution is 2.36. The van der Waals surface area contributed by atoms with Crippen LogP contribution >= 0.6 is 0 Å². The molecule has 0 fully saturated rings. The molecule has 0 radical (unpaired) electrons. The standard InChI is InChI=1S/C17H16N4O4/c1-2-14-11-17(23,13-7-9-18-10-8-13)20(19-14)16(22)12-3-5-15(6-4-12)21(24)25/h3-10,23H,2,11H2,1H3. The molecule has 1 aromatic carbocycles. The van der Waals surface area contributed by atoms with E-state index in [1.807, 2.05) is 6.92 Å². The van der Waals surface area contributed by atoms with Crippen molar-refractivity contribution >= 4 is 17.3 Å². The average molecular weight is 340 g/mol. The lowest BCUT2D eigenvalue weighted by molar-refractivity contribution is -0.384. The van der Waals surface area contributed by atoms with Gasteiger partial charge in [-0.15, -0.1) is 0 Å². The average Bonchev–Trinajstić information content (AvgIpc) is 3.00. The normalized spacial score (nSPS) is 19.6. The summed E-state index contributed by atoms with van der Waals surface area (Å²) in [5.41, 5.74) is -0.313. The fourth-order valence-corrected chi connectivity index (χ4v) is 2.72. The fraction of sp³-hybridized carbons (Fsp3) is 0.235. The number of carbonyl (C=O) groups is 1. The fourth-order valence-electron chi connectivity index (χ4n) is 2.72. The SMILES string of the molecule is CCC1=NN(C(=O)c2ccc([N+](=O)[O-])cc2)C(O)(c2ccncc2)C1. The van der Waals surface area contributed by atoms with Gasteiger partial charge in [-0.25, -0.2) is 0 Å². The van der Waals surface area contributed by atoms with Crippen molar-refractivity contribution in [2.75, 3.05) is 0 Å². The molecule has 1 amide bonds. The van der Waals surface area contributed by atoms with Crippen LogP contribution in [-0.2, 0) is 5.72 Å². The van der Waals surface area contributed by atoms with Crippen molar-refractivity contribution in [3.63, 3.8) is 0 Å². The zero-order valence-corrected chi connectivity index (χ0v) is 13.5. The van der Waals surface area contributed by atoms with Crippen LogP contribution in [0, 0.1) is 10.1 Å². The van der Waals surface area contributed by atoms with E-state index in [1.54, 1.807) is 12.1 Å². The summed E-state index contributed by atoms with van der Waals surface area (Å²) in [5.74, 6) is -0.530. The van der Waals surface area contributed by atoms with E-state index in [1.165, 1.54) is 36.7 Å². The van der Waals surface area contributed by atoms with E-state index in [0.717, 1.165) is 5.01 Å².